The summed E-state index contributed by atoms with van der Waals surface area (Å²) in [6.07, 6.45) is 3.69. The van der Waals surface area contributed by atoms with Crippen LogP contribution in [0, 0.1) is 6.92 Å². The second kappa shape index (κ2) is 6.02. The number of fused-ring (bicyclic) bond motifs is 1. The van der Waals surface area contributed by atoms with Crippen LogP contribution in [-0.2, 0) is 5.60 Å². The summed E-state index contributed by atoms with van der Waals surface area (Å²) in [6.45, 7) is 3.73. The lowest BCUT2D eigenvalue weighted by Gasteiger charge is -2.22. The van der Waals surface area contributed by atoms with Crippen LogP contribution in [0.5, 0.6) is 0 Å². The molecule has 0 saturated carbocycles. The summed E-state index contributed by atoms with van der Waals surface area (Å²) >= 11 is 1.46. The fourth-order valence-electron chi connectivity index (χ4n) is 2.29. The van der Waals surface area contributed by atoms with Gasteiger partial charge in [0.15, 0.2) is 0 Å². The first-order valence-electron chi connectivity index (χ1n) is 7.21. The van der Waals surface area contributed by atoms with E-state index in [2.05, 4.69) is 15.6 Å². The van der Waals surface area contributed by atoms with Crippen molar-refractivity contribution in [2.75, 3.05) is 11.9 Å². The van der Waals surface area contributed by atoms with Crippen LogP contribution < -0.4 is 10.6 Å². The summed E-state index contributed by atoms with van der Waals surface area (Å²) in [6, 6.07) is 6.98. The fourth-order valence-corrected chi connectivity index (χ4v) is 3.08. The van der Waals surface area contributed by atoms with Crippen molar-refractivity contribution in [3.63, 3.8) is 0 Å². The zero-order valence-corrected chi connectivity index (χ0v) is 13.7. The molecule has 3 rings (SSSR count). The molecule has 0 spiro atoms. The number of anilines is 1. The minimum Gasteiger partial charge on any atom is -0.383 e. The number of imidazole rings is 1. The molecule has 0 aromatic carbocycles. The number of aliphatic hydroxyl groups is 1. The molecule has 0 fully saturated rings. The number of nitrogens with zero attached hydrogens (tertiary/aromatic N) is 2. The van der Waals surface area contributed by atoms with Gasteiger partial charge in [0, 0.05) is 17.3 Å². The van der Waals surface area contributed by atoms with E-state index in [0.717, 1.165) is 16.2 Å². The highest BCUT2D eigenvalue weighted by Crippen LogP contribution is 2.24. The van der Waals surface area contributed by atoms with Gasteiger partial charge in [0.1, 0.15) is 11.2 Å². The summed E-state index contributed by atoms with van der Waals surface area (Å²) in [5.74, 6) is 0. The Morgan fingerprint density at radius 2 is 2.22 bits per heavy atom. The highest BCUT2D eigenvalue weighted by Gasteiger charge is 2.24. The minimum atomic E-state index is -1.09. The summed E-state index contributed by atoms with van der Waals surface area (Å²) < 4.78 is 1.85. The van der Waals surface area contributed by atoms with E-state index in [9.17, 15) is 9.90 Å². The third kappa shape index (κ3) is 3.52. The minimum absolute atomic E-state index is 0.131. The number of aromatic nitrogens is 2. The van der Waals surface area contributed by atoms with Crippen LogP contribution in [-0.4, -0.2) is 27.1 Å². The van der Waals surface area contributed by atoms with Gasteiger partial charge in [0.05, 0.1) is 17.9 Å². The number of rotatable bonds is 4. The number of carbonyl (C=O) groups is 1. The van der Waals surface area contributed by atoms with E-state index in [1.165, 1.54) is 11.3 Å². The van der Waals surface area contributed by atoms with Crippen molar-refractivity contribution in [1.29, 1.82) is 0 Å². The summed E-state index contributed by atoms with van der Waals surface area (Å²) in [5, 5.41) is 17.7. The molecular formula is C16H18N4O2S. The number of hydrogen-bond donors (Lipinski definition) is 3. The Kier molecular flexibility index (Phi) is 4.06. The van der Waals surface area contributed by atoms with Crippen molar-refractivity contribution in [1.82, 2.24) is 14.7 Å². The van der Waals surface area contributed by atoms with Crippen LogP contribution in [0.3, 0.4) is 0 Å². The maximum Gasteiger partial charge on any atom is 0.319 e. The third-order valence-electron chi connectivity index (χ3n) is 3.47. The Morgan fingerprint density at radius 3 is 2.96 bits per heavy atom. The fraction of sp³-hybridized carbons (Fsp3) is 0.250. The molecule has 6 nitrogen and oxygen atoms in total. The number of aryl methyl sites for hydroxylation is 1. The third-order valence-corrected chi connectivity index (χ3v) is 4.60. The molecule has 23 heavy (non-hydrogen) atoms. The molecule has 0 bridgehead atoms. The zero-order valence-electron chi connectivity index (χ0n) is 12.9. The van der Waals surface area contributed by atoms with Crippen molar-refractivity contribution in [3.05, 3.63) is 52.6 Å². The first-order valence-corrected chi connectivity index (χ1v) is 8.08. The molecule has 2 amide bonds. The van der Waals surface area contributed by atoms with Crippen LogP contribution in [0.1, 0.15) is 17.5 Å². The van der Waals surface area contributed by atoms with Gasteiger partial charge in [-0.3, -0.25) is 0 Å². The van der Waals surface area contributed by atoms with E-state index in [-0.39, 0.29) is 12.6 Å². The van der Waals surface area contributed by atoms with Crippen LogP contribution in [0.25, 0.3) is 5.65 Å². The highest BCUT2D eigenvalue weighted by molar-refractivity contribution is 7.10. The topological polar surface area (TPSA) is 78.7 Å². The second-order valence-corrected chi connectivity index (χ2v) is 6.57. The molecule has 0 aliphatic carbocycles. The predicted molar refractivity (Wildman–Crippen MR) is 90.8 cm³/mol. The molecule has 0 radical (unpaired) electrons. The highest BCUT2D eigenvalue weighted by atomic mass is 32.1. The number of amides is 2. The molecule has 3 heterocycles. The van der Waals surface area contributed by atoms with Gasteiger partial charge in [0.25, 0.3) is 0 Å². The second-order valence-electron chi connectivity index (χ2n) is 5.62. The zero-order chi connectivity index (χ0) is 16.4. The molecule has 1 atom stereocenters. The SMILES string of the molecule is Cc1cn2cc(NC(=O)NCC(C)(O)c3cccs3)ccc2n1. The van der Waals surface area contributed by atoms with Crippen molar-refractivity contribution in [2.24, 2.45) is 0 Å². The molecular weight excluding hydrogens is 312 g/mol. The number of carbonyl (C=O) groups excluding carboxylic acids is 1. The van der Waals surface area contributed by atoms with Gasteiger partial charge in [-0.05, 0) is 37.4 Å². The number of thiophene rings is 1. The Hall–Kier alpha value is -2.38. The van der Waals surface area contributed by atoms with Crippen LogP contribution in [0.15, 0.2) is 42.0 Å². The van der Waals surface area contributed by atoms with Crippen LogP contribution in [0.2, 0.25) is 0 Å². The number of urea groups is 1. The van der Waals surface area contributed by atoms with E-state index in [0.29, 0.717) is 5.69 Å². The average Bonchev–Trinajstić information content (AvgIpc) is 3.13. The molecule has 0 aliphatic heterocycles. The lowest BCUT2D eigenvalue weighted by molar-refractivity contribution is 0.0637. The first-order chi connectivity index (χ1) is 10.9. The summed E-state index contributed by atoms with van der Waals surface area (Å²) in [7, 11) is 0. The number of hydrogen-bond acceptors (Lipinski definition) is 4. The standard InChI is InChI=1S/C16H18N4O2S/c1-11-8-20-9-12(5-6-14(20)18-11)19-15(21)17-10-16(2,22)13-4-3-7-23-13/h3-9,22H,10H2,1-2H3,(H2,17,19,21). The maximum absolute atomic E-state index is 12.0. The van der Waals surface area contributed by atoms with Crippen molar-refractivity contribution in [3.8, 4) is 0 Å². The summed E-state index contributed by atoms with van der Waals surface area (Å²) in [5.41, 5.74) is 1.31. The van der Waals surface area contributed by atoms with E-state index in [4.69, 9.17) is 0 Å². The van der Waals surface area contributed by atoms with Gasteiger partial charge in [-0.15, -0.1) is 11.3 Å². The number of pyridine rings is 1. The van der Waals surface area contributed by atoms with E-state index < -0.39 is 5.60 Å². The van der Waals surface area contributed by atoms with Crippen LogP contribution >= 0.6 is 11.3 Å². The number of nitrogens with one attached hydrogen (secondary N) is 2. The van der Waals surface area contributed by atoms with E-state index >= 15 is 0 Å². The Morgan fingerprint density at radius 1 is 1.39 bits per heavy atom. The quantitative estimate of drug-likeness (QED) is 0.688. The largest absolute Gasteiger partial charge is 0.383 e. The normalized spacial score (nSPS) is 13.7. The monoisotopic (exact) mass is 330 g/mol. The first kappa shape index (κ1) is 15.5. The average molecular weight is 330 g/mol. The van der Waals surface area contributed by atoms with Crippen molar-refractivity contribution < 1.29 is 9.90 Å². The van der Waals surface area contributed by atoms with Gasteiger partial charge in [0.2, 0.25) is 0 Å². The molecule has 0 aliphatic rings. The van der Waals surface area contributed by atoms with Gasteiger partial charge in [-0.25, -0.2) is 9.78 Å². The van der Waals surface area contributed by atoms with E-state index in [1.807, 2.05) is 41.1 Å². The maximum atomic E-state index is 12.0. The van der Waals surface area contributed by atoms with Crippen molar-refractivity contribution in [2.45, 2.75) is 19.4 Å². The molecule has 3 aromatic heterocycles. The summed E-state index contributed by atoms with van der Waals surface area (Å²) in [4.78, 5) is 17.2. The van der Waals surface area contributed by atoms with Gasteiger partial charge >= 0.3 is 6.03 Å². The Labute approximate surface area is 137 Å². The lowest BCUT2D eigenvalue weighted by atomic mass is 10.1. The van der Waals surface area contributed by atoms with E-state index in [1.54, 1.807) is 19.2 Å². The smallest absolute Gasteiger partial charge is 0.319 e. The molecule has 120 valence electrons. The Balaban J connectivity index is 1.62. The van der Waals surface area contributed by atoms with Crippen LogP contribution in [0.4, 0.5) is 10.5 Å². The molecule has 3 N–H and O–H groups in total. The molecule has 7 heteroatoms. The van der Waals surface area contributed by atoms with Crippen molar-refractivity contribution >= 4 is 28.7 Å². The van der Waals surface area contributed by atoms with Gasteiger partial charge in [-0.1, -0.05) is 6.07 Å². The Bertz CT molecular complexity index is 824. The predicted octanol–water partition coefficient (Wildman–Crippen LogP) is 2.73. The van der Waals surface area contributed by atoms with Gasteiger partial charge < -0.3 is 20.1 Å². The molecule has 0 saturated heterocycles. The lowest BCUT2D eigenvalue weighted by Crippen LogP contribution is -2.40. The molecule has 1 unspecified atom stereocenters. The molecule has 3 aromatic rings. The van der Waals surface area contributed by atoms with Gasteiger partial charge in [-0.2, -0.15) is 0 Å².